The second kappa shape index (κ2) is 8.19. The molecular weight excluding hydrogens is 512 g/mol. The van der Waals surface area contributed by atoms with Gasteiger partial charge in [0.2, 0.25) is 5.91 Å². The first-order chi connectivity index (χ1) is 18.2. The molecule has 0 bridgehead atoms. The van der Waals surface area contributed by atoms with E-state index in [1.165, 1.54) is 0 Å². The van der Waals surface area contributed by atoms with Crippen LogP contribution in [-0.4, -0.2) is 68.2 Å². The van der Waals surface area contributed by atoms with Crippen LogP contribution in [0.15, 0.2) is 30.5 Å². The first kappa shape index (κ1) is 24.0. The largest absolute Gasteiger partial charge is 0.353 e. The Morgan fingerprint density at radius 3 is 2.55 bits per heavy atom. The Morgan fingerprint density at radius 2 is 1.87 bits per heavy atom. The smallest absolute Gasteiger partial charge is 0.242 e. The summed E-state index contributed by atoms with van der Waals surface area (Å²) in [6.45, 7) is 2.52. The SMILES string of the molecule is CN(C)C(=O)C1(N2Cc3cc(Cl)ccc3-n3c(nnc3C3CC4(C3)CN(c3ncc(F)cc3F)C4)C2)CC1. The molecule has 8 nitrogen and oxygen atoms in total. The molecule has 38 heavy (non-hydrogen) atoms. The molecule has 0 N–H and O–H groups in total. The third-order valence-electron chi connectivity index (χ3n) is 8.73. The molecule has 0 radical (unpaired) electrons. The van der Waals surface area contributed by atoms with Gasteiger partial charge in [-0.15, -0.1) is 10.2 Å². The van der Waals surface area contributed by atoms with Gasteiger partial charge in [-0.2, -0.15) is 0 Å². The molecule has 7 rings (SSSR count). The minimum atomic E-state index is -0.670. The van der Waals surface area contributed by atoms with Crippen molar-refractivity contribution in [2.24, 2.45) is 5.41 Å². The number of benzene rings is 1. The Hall–Kier alpha value is -3.11. The van der Waals surface area contributed by atoms with Gasteiger partial charge in [0.15, 0.2) is 17.5 Å². The summed E-state index contributed by atoms with van der Waals surface area (Å²) < 4.78 is 29.6. The highest BCUT2D eigenvalue weighted by molar-refractivity contribution is 6.30. The topological polar surface area (TPSA) is 70.4 Å². The van der Waals surface area contributed by atoms with Gasteiger partial charge in [-0.3, -0.25) is 14.3 Å². The normalized spacial score (nSPS) is 21.2. The van der Waals surface area contributed by atoms with Crippen molar-refractivity contribution in [3.63, 3.8) is 0 Å². The molecule has 2 aromatic heterocycles. The Morgan fingerprint density at radius 1 is 1.11 bits per heavy atom. The van der Waals surface area contributed by atoms with E-state index in [1.54, 1.807) is 19.0 Å². The van der Waals surface area contributed by atoms with Crippen LogP contribution in [0.25, 0.3) is 5.69 Å². The Labute approximate surface area is 224 Å². The van der Waals surface area contributed by atoms with Crippen molar-refractivity contribution in [3.8, 4) is 5.69 Å². The summed E-state index contributed by atoms with van der Waals surface area (Å²) in [7, 11) is 3.61. The van der Waals surface area contributed by atoms with Crippen molar-refractivity contribution in [3.05, 3.63) is 64.3 Å². The lowest BCUT2D eigenvalue weighted by Gasteiger charge is -2.59. The average molecular weight is 540 g/mol. The van der Waals surface area contributed by atoms with Crippen LogP contribution in [0.3, 0.4) is 0 Å². The van der Waals surface area contributed by atoms with E-state index < -0.39 is 17.2 Å². The third-order valence-corrected chi connectivity index (χ3v) is 8.96. The van der Waals surface area contributed by atoms with Crippen molar-refractivity contribution in [1.82, 2.24) is 29.5 Å². The number of hydrogen-bond acceptors (Lipinski definition) is 6. The summed E-state index contributed by atoms with van der Waals surface area (Å²) >= 11 is 6.42. The molecule has 198 valence electrons. The summed E-state index contributed by atoms with van der Waals surface area (Å²) in [6, 6.07) is 6.77. The van der Waals surface area contributed by atoms with E-state index in [0.717, 1.165) is 60.8 Å². The summed E-state index contributed by atoms with van der Waals surface area (Å²) in [6.07, 6.45) is 4.54. The third kappa shape index (κ3) is 3.56. The van der Waals surface area contributed by atoms with Crippen LogP contribution in [0.1, 0.15) is 48.8 Å². The number of halogens is 3. The van der Waals surface area contributed by atoms with E-state index >= 15 is 0 Å². The molecule has 2 aliphatic carbocycles. The monoisotopic (exact) mass is 539 g/mol. The van der Waals surface area contributed by atoms with Crippen molar-refractivity contribution >= 4 is 23.3 Å². The molecule has 1 amide bonds. The van der Waals surface area contributed by atoms with E-state index in [9.17, 15) is 13.6 Å². The molecule has 0 unspecified atom stereocenters. The minimum absolute atomic E-state index is 0.0787. The molecule has 1 spiro atoms. The van der Waals surface area contributed by atoms with Gasteiger partial charge in [0, 0.05) is 56.2 Å². The number of amides is 1. The van der Waals surface area contributed by atoms with Crippen LogP contribution < -0.4 is 4.90 Å². The van der Waals surface area contributed by atoms with Gasteiger partial charge in [-0.05, 0) is 49.4 Å². The zero-order chi connectivity index (χ0) is 26.4. The second-order valence-corrected chi connectivity index (χ2v) is 12.0. The fourth-order valence-electron chi connectivity index (χ4n) is 6.77. The van der Waals surface area contributed by atoms with Gasteiger partial charge in [0.1, 0.15) is 17.2 Å². The Kier molecular flexibility index (Phi) is 5.17. The van der Waals surface area contributed by atoms with Crippen LogP contribution >= 0.6 is 11.6 Å². The van der Waals surface area contributed by atoms with Gasteiger partial charge >= 0.3 is 0 Å². The number of carbonyl (C=O) groups excluding carboxylic acids is 1. The molecule has 2 aliphatic heterocycles. The first-order valence-electron chi connectivity index (χ1n) is 12.9. The number of hydrogen-bond donors (Lipinski definition) is 0. The van der Waals surface area contributed by atoms with Crippen LogP contribution in [0.4, 0.5) is 14.6 Å². The number of fused-ring (bicyclic) bond motifs is 3. The fourth-order valence-corrected chi connectivity index (χ4v) is 6.97. The number of likely N-dealkylation sites (N-methyl/N-ethyl adjacent to an activating group) is 1. The predicted molar refractivity (Wildman–Crippen MR) is 137 cm³/mol. The highest BCUT2D eigenvalue weighted by Crippen LogP contribution is 2.57. The minimum Gasteiger partial charge on any atom is -0.353 e. The molecule has 11 heteroatoms. The van der Waals surface area contributed by atoms with Crippen molar-refractivity contribution < 1.29 is 13.6 Å². The van der Waals surface area contributed by atoms with E-state index in [1.807, 2.05) is 23.1 Å². The van der Waals surface area contributed by atoms with Gasteiger partial charge in [0.25, 0.3) is 0 Å². The lowest BCUT2D eigenvalue weighted by atomic mass is 9.57. The van der Waals surface area contributed by atoms with E-state index in [4.69, 9.17) is 11.6 Å². The van der Waals surface area contributed by atoms with Crippen LogP contribution in [0.2, 0.25) is 5.02 Å². The van der Waals surface area contributed by atoms with Crippen LogP contribution in [0, 0.1) is 17.0 Å². The maximum absolute atomic E-state index is 14.2. The summed E-state index contributed by atoms with van der Waals surface area (Å²) in [5.41, 5.74) is 1.63. The number of anilines is 1. The van der Waals surface area contributed by atoms with Crippen molar-refractivity contribution in [2.75, 3.05) is 32.1 Å². The molecule has 4 heterocycles. The average Bonchev–Trinajstić information content (AvgIpc) is 3.56. The molecule has 0 atom stereocenters. The van der Waals surface area contributed by atoms with Gasteiger partial charge in [-0.25, -0.2) is 13.8 Å². The summed E-state index contributed by atoms with van der Waals surface area (Å²) in [4.78, 5) is 22.9. The fraction of sp³-hybridized carbons (Fsp3) is 0.481. The van der Waals surface area contributed by atoms with E-state index in [0.29, 0.717) is 31.2 Å². The maximum atomic E-state index is 14.2. The highest BCUT2D eigenvalue weighted by Gasteiger charge is 2.57. The molecule has 3 fully saturated rings. The predicted octanol–water partition coefficient (Wildman–Crippen LogP) is 3.91. The molecule has 2 saturated carbocycles. The zero-order valence-corrected chi connectivity index (χ0v) is 22.0. The molecule has 4 aliphatic rings. The Balaban J connectivity index is 1.15. The van der Waals surface area contributed by atoms with Crippen LogP contribution in [0.5, 0.6) is 0 Å². The Bertz CT molecular complexity index is 1460. The van der Waals surface area contributed by atoms with Gasteiger partial charge in [0.05, 0.1) is 18.4 Å². The second-order valence-electron chi connectivity index (χ2n) is 11.6. The maximum Gasteiger partial charge on any atom is 0.242 e. The van der Waals surface area contributed by atoms with Crippen LogP contribution in [-0.2, 0) is 17.9 Å². The summed E-state index contributed by atoms with van der Waals surface area (Å²) in [5, 5.41) is 9.93. The van der Waals surface area contributed by atoms with Gasteiger partial charge in [-0.1, -0.05) is 11.6 Å². The van der Waals surface area contributed by atoms with E-state index in [-0.39, 0.29) is 23.1 Å². The molecule has 1 saturated heterocycles. The highest BCUT2D eigenvalue weighted by atomic mass is 35.5. The standard InChI is InChI=1S/C27H28ClF2N7O/c1-34(2)25(38)27(5-6-27)36-12-16-7-18(28)3-4-21(16)37-22(13-36)32-33-23(37)17-9-26(10-17)14-35(15-26)24-20(30)8-19(29)11-31-24/h3-4,7-8,11,17H,5-6,9-10,12-15H2,1-2H3. The molecular formula is C27H28ClF2N7O. The lowest BCUT2D eigenvalue weighted by Crippen LogP contribution is -2.62. The number of rotatable bonds is 4. The van der Waals surface area contributed by atoms with Gasteiger partial charge < -0.3 is 9.80 Å². The van der Waals surface area contributed by atoms with Crippen molar-refractivity contribution in [2.45, 2.75) is 50.2 Å². The summed E-state index contributed by atoms with van der Waals surface area (Å²) in [5.74, 6) is 1.01. The number of pyridine rings is 1. The van der Waals surface area contributed by atoms with E-state index in [2.05, 4.69) is 24.6 Å². The lowest BCUT2D eigenvalue weighted by molar-refractivity contribution is -0.136. The zero-order valence-electron chi connectivity index (χ0n) is 21.3. The first-order valence-corrected chi connectivity index (χ1v) is 13.3. The molecule has 1 aromatic carbocycles. The van der Waals surface area contributed by atoms with Crippen molar-refractivity contribution in [1.29, 1.82) is 0 Å². The number of aromatic nitrogens is 4. The molecule has 3 aromatic rings. The number of carbonyl (C=O) groups is 1. The quantitative estimate of drug-likeness (QED) is 0.501. The number of nitrogens with zero attached hydrogens (tertiary/aromatic N) is 7.